The average Bonchev–Trinajstić information content (AvgIpc) is 2.98. The topological polar surface area (TPSA) is 95.7 Å². The highest BCUT2D eigenvalue weighted by atomic mass is 35.5. The van der Waals surface area contributed by atoms with Gasteiger partial charge < -0.3 is 9.47 Å². The van der Waals surface area contributed by atoms with Crippen molar-refractivity contribution < 1.29 is 24.0 Å². The highest BCUT2D eigenvalue weighted by Gasteiger charge is 2.16. The highest BCUT2D eigenvalue weighted by Crippen LogP contribution is 2.26. The Bertz CT molecular complexity index is 1500. The molecule has 0 saturated carbocycles. The molecule has 0 unspecified atom stereocenters. The molecule has 0 aliphatic rings. The summed E-state index contributed by atoms with van der Waals surface area (Å²) < 4.78 is 10.7. The maximum Gasteiger partial charge on any atom is 0.345 e. The molecule has 0 aliphatic heterocycles. The van der Waals surface area contributed by atoms with Crippen LogP contribution in [0.25, 0.3) is 11.1 Å². The first-order valence-electron chi connectivity index (χ1n) is 13.5. The van der Waals surface area contributed by atoms with Gasteiger partial charge in [-0.1, -0.05) is 80.6 Å². The first-order valence-corrected chi connectivity index (χ1v) is 13.9. The number of esters is 2. The standard InChI is InChI=1S/C33H30ClNO6/c1-2-3-4-5-6-7-23-8-10-24(11-9-23)25-12-14-26(15-13-25)32(36)41-29-20-21-30(31(34)22-29)33(37)40-28-18-16-27(17-19-28)35(38)39/h8-22H,2-7H2,1H3. The number of benzene rings is 4. The van der Waals surface area contributed by atoms with Crippen molar-refractivity contribution in [3.05, 3.63) is 123 Å². The van der Waals surface area contributed by atoms with E-state index >= 15 is 0 Å². The van der Waals surface area contributed by atoms with Crippen molar-refractivity contribution in [2.45, 2.75) is 45.4 Å². The van der Waals surface area contributed by atoms with Gasteiger partial charge >= 0.3 is 11.9 Å². The molecule has 0 N–H and O–H groups in total. The van der Waals surface area contributed by atoms with Crippen LogP contribution in [0.1, 0.15) is 65.3 Å². The summed E-state index contributed by atoms with van der Waals surface area (Å²) in [5.74, 6) is -1.02. The van der Waals surface area contributed by atoms with E-state index in [1.54, 1.807) is 12.1 Å². The normalized spacial score (nSPS) is 10.7. The van der Waals surface area contributed by atoms with Gasteiger partial charge in [-0.25, -0.2) is 9.59 Å². The van der Waals surface area contributed by atoms with Crippen LogP contribution in [0.15, 0.2) is 91.0 Å². The van der Waals surface area contributed by atoms with E-state index in [0.717, 1.165) is 17.5 Å². The minimum absolute atomic E-state index is 0.0296. The molecule has 0 radical (unpaired) electrons. The quantitative estimate of drug-likeness (QED) is 0.0554. The van der Waals surface area contributed by atoms with E-state index in [4.69, 9.17) is 21.1 Å². The smallest absolute Gasteiger partial charge is 0.345 e. The van der Waals surface area contributed by atoms with Crippen molar-refractivity contribution in [2.75, 3.05) is 0 Å². The lowest BCUT2D eigenvalue weighted by Crippen LogP contribution is -2.11. The van der Waals surface area contributed by atoms with Crippen molar-refractivity contribution in [1.29, 1.82) is 0 Å². The van der Waals surface area contributed by atoms with Crippen molar-refractivity contribution in [2.24, 2.45) is 0 Å². The van der Waals surface area contributed by atoms with Gasteiger partial charge in [-0.2, -0.15) is 0 Å². The highest BCUT2D eigenvalue weighted by molar-refractivity contribution is 6.33. The van der Waals surface area contributed by atoms with Crippen LogP contribution >= 0.6 is 11.6 Å². The van der Waals surface area contributed by atoms with Gasteiger partial charge in [0.2, 0.25) is 0 Å². The number of non-ortho nitro benzene ring substituents is 1. The van der Waals surface area contributed by atoms with Crippen LogP contribution in [0.5, 0.6) is 11.5 Å². The molecule has 0 saturated heterocycles. The van der Waals surface area contributed by atoms with E-state index < -0.39 is 16.9 Å². The molecule has 0 bridgehead atoms. The number of hydrogen-bond donors (Lipinski definition) is 0. The lowest BCUT2D eigenvalue weighted by molar-refractivity contribution is -0.384. The van der Waals surface area contributed by atoms with Crippen LogP contribution < -0.4 is 9.47 Å². The van der Waals surface area contributed by atoms with Crippen LogP contribution in [0.2, 0.25) is 5.02 Å². The summed E-state index contributed by atoms with van der Waals surface area (Å²) in [6.07, 6.45) is 7.40. The molecular formula is C33H30ClNO6. The molecule has 4 aromatic carbocycles. The molecule has 210 valence electrons. The number of nitro groups is 1. The van der Waals surface area contributed by atoms with Crippen molar-refractivity contribution in [1.82, 2.24) is 0 Å². The maximum atomic E-state index is 12.7. The molecule has 8 heteroatoms. The van der Waals surface area contributed by atoms with E-state index in [-0.39, 0.29) is 27.8 Å². The Hall–Kier alpha value is -4.49. The van der Waals surface area contributed by atoms with Gasteiger partial charge in [0.15, 0.2) is 0 Å². The Morgan fingerprint density at radius 3 is 1.93 bits per heavy atom. The van der Waals surface area contributed by atoms with Gasteiger partial charge in [0.05, 0.1) is 21.1 Å². The maximum absolute atomic E-state index is 12.7. The zero-order valence-corrected chi connectivity index (χ0v) is 23.4. The first kappa shape index (κ1) is 29.5. The summed E-state index contributed by atoms with van der Waals surface area (Å²) in [5, 5.41) is 10.8. The van der Waals surface area contributed by atoms with E-state index in [2.05, 4.69) is 31.2 Å². The SMILES string of the molecule is CCCCCCCc1ccc(-c2ccc(C(=O)Oc3ccc(C(=O)Oc4ccc([N+](=O)[O-])cc4)c(Cl)c3)cc2)cc1. The second-order valence-corrected chi connectivity index (χ2v) is 10.0. The Morgan fingerprint density at radius 2 is 1.32 bits per heavy atom. The summed E-state index contributed by atoms with van der Waals surface area (Å²) >= 11 is 6.25. The van der Waals surface area contributed by atoms with E-state index in [9.17, 15) is 19.7 Å². The number of halogens is 1. The second kappa shape index (κ2) is 14.2. The minimum atomic E-state index is -0.752. The number of nitro benzene ring substituents is 1. The fourth-order valence-electron chi connectivity index (χ4n) is 4.28. The molecule has 4 rings (SSSR count). The Kier molecular flexibility index (Phi) is 10.2. The Morgan fingerprint density at radius 1 is 0.732 bits per heavy atom. The Labute approximate surface area is 243 Å². The van der Waals surface area contributed by atoms with Gasteiger partial charge in [-0.15, -0.1) is 0 Å². The monoisotopic (exact) mass is 571 g/mol. The molecule has 0 amide bonds. The van der Waals surface area contributed by atoms with Crippen LogP contribution in [0.3, 0.4) is 0 Å². The molecule has 0 fully saturated rings. The van der Waals surface area contributed by atoms with Gasteiger partial charge in [0, 0.05) is 18.2 Å². The number of hydrogen-bond acceptors (Lipinski definition) is 6. The largest absolute Gasteiger partial charge is 0.423 e. The van der Waals surface area contributed by atoms with Crippen LogP contribution in [0, 0.1) is 10.1 Å². The average molecular weight is 572 g/mol. The molecule has 7 nitrogen and oxygen atoms in total. The molecule has 41 heavy (non-hydrogen) atoms. The van der Waals surface area contributed by atoms with Crippen LogP contribution in [-0.2, 0) is 6.42 Å². The number of carbonyl (C=O) groups is 2. The lowest BCUT2D eigenvalue weighted by Gasteiger charge is -2.09. The fourth-order valence-corrected chi connectivity index (χ4v) is 4.53. The second-order valence-electron chi connectivity index (χ2n) is 9.61. The summed E-state index contributed by atoms with van der Waals surface area (Å²) in [5.41, 5.74) is 3.69. The molecule has 0 spiro atoms. The molecule has 0 heterocycles. The third-order valence-corrected chi connectivity index (χ3v) is 6.92. The number of carbonyl (C=O) groups excluding carboxylic acids is 2. The molecule has 4 aromatic rings. The number of nitrogens with zero attached hydrogens (tertiary/aromatic N) is 1. The van der Waals surface area contributed by atoms with Gasteiger partial charge in [-0.05, 0) is 65.9 Å². The van der Waals surface area contributed by atoms with Gasteiger partial charge in [-0.3, -0.25) is 10.1 Å². The number of unbranched alkanes of at least 4 members (excludes halogenated alkanes) is 4. The Balaban J connectivity index is 1.33. The summed E-state index contributed by atoms with van der Waals surface area (Å²) in [4.78, 5) is 35.4. The summed E-state index contributed by atoms with van der Waals surface area (Å²) in [6, 6.07) is 25.0. The molecule has 0 aromatic heterocycles. The fraction of sp³-hybridized carbons (Fsp3) is 0.212. The molecule has 0 atom stereocenters. The zero-order valence-electron chi connectivity index (χ0n) is 22.7. The van der Waals surface area contributed by atoms with E-state index in [1.807, 2.05) is 12.1 Å². The zero-order chi connectivity index (χ0) is 29.2. The van der Waals surface area contributed by atoms with Crippen molar-refractivity contribution >= 4 is 29.2 Å². The lowest BCUT2D eigenvalue weighted by atomic mass is 10.00. The number of rotatable bonds is 12. The third-order valence-electron chi connectivity index (χ3n) is 6.61. The third kappa shape index (κ3) is 8.25. The minimum Gasteiger partial charge on any atom is -0.423 e. The van der Waals surface area contributed by atoms with Gasteiger partial charge in [0.1, 0.15) is 11.5 Å². The molecule has 0 aliphatic carbocycles. The predicted molar refractivity (Wildman–Crippen MR) is 159 cm³/mol. The van der Waals surface area contributed by atoms with E-state index in [0.29, 0.717) is 5.56 Å². The van der Waals surface area contributed by atoms with Crippen molar-refractivity contribution in [3.63, 3.8) is 0 Å². The summed E-state index contributed by atoms with van der Waals surface area (Å²) in [6.45, 7) is 2.22. The van der Waals surface area contributed by atoms with E-state index in [1.165, 1.54) is 80.1 Å². The number of ether oxygens (including phenoxy) is 2. The van der Waals surface area contributed by atoms with Gasteiger partial charge in [0.25, 0.3) is 5.69 Å². The molecular weight excluding hydrogens is 542 g/mol. The van der Waals surface area contributed by atoms with Crippen LogP contribution in [-0.4, -0.2) is 16.9 Å². The van der Waals surface area contributed by atoms with Crippen LogP contribution in [0.4, 0.5) is 5.69 Å². The first-order chi connectivity index (χ1) is 19.8. The predicted octanol–water partition coefficient (Wildman–Crippen LogP) is 8.87. The summed E-state index contributed by atoms with van der Waals surface area (Å²) in [7, 11) is 0. The van der Waals surface area contributed by atoms with Crippen molar-refractivity contribution in [3.8, 4) is 22.6 Å². The number of aryl methyl sites for hydroxylation is 1.